The molecule has 0 aliphatic carbocycles. The third-order valence-electron chi connectivity index (χ3n) is 10.7. The molecule has 1 fully saturated rings. The summed E-state index contributed by atoms with van der Waals surface area (Å²) in [6, 6.07) is 0. The van der Waals surface area contributed by atoms with Gasteiger partial charge in [-0.05, 0) is 75.0 Å². The molecule has 2 atom stereocenters. The van der Waals surface area contributed by atoms with Crippen molar-refractivity contribution in [3.63, 3.8) is 0 Å². The molecule has 1 heteroatoms. The van der Waals surface area contributed by atoms with Crippen LogP contribution in [-0.2, 0) is 4.74 Å². The monoisotopic (exact) mass is 873 g/mol. The van der Waals surface area contributed by atoms with Crippen molar-refractivity contribution < 1.29 is 4.74 Å². The third-order valence-corrected chi connectivity index (χ3v) is 10.7. The summed E-state index contributed by atoms with van der Waals surface area (Å²) in [6.07, 6.45) is 33.3. The van der Waals surface area contributed by atoms with Crippen molar-refractivity contribution in [3.8, 4) is 0 Å². The van der Waals surface area contributed by atoms with Crippen molar-refractivity contribution in [2.45, 2.75) is 328 Å². The molecule has 1 nitrogen and oxygen atoms in total. The average molecular weight is 874 g/mol. The summed E-state index contributed by atoms with van der Waals surface area (Å²) in [5.74, 6) is 6.42. The fraction of sp³-hybridized carbons (Fsp3) is 0.967. The van der Waals surface area contributed by atoms with Crippen molar-refractivity contribution in [3.05, 3.63) is 11.6 Å². The van der Waals surface area contributed by atoms with Crippen LogP contribution in [0.3, 0.4) is 0 Å². The van der Waals surface area contributed by atoms with Crippen LogP contribution < -0.4 is 0 Å². The molecule has 0 amide bonds. The van der Waals surface area contributed by atoms with Gasteiger partial charge in [-0.1, -0.05) is 306 Å². The van der Waals surface area contributed by atoms with Crippen LogP contribution in [0.4, 0.5) is 0 Å². The predicted octanol–water partition coefficient (Wildman–Crippen LogP) is 23.6. The Labute approximate surface area is 397 Å². The molecule has 382 valence electrons. The smallest absolute Gasteiger partial charge is 0.0466 e. The van der Waals surface area contributed by atoms with Crippen LogP contribution in [0, 0.1) is 41.4 Å². The summed E-state index contributed by atoms with van der Waals surface area (Å²) in [4.78, 5) is 0. The molecule has 1 saturated heterocycles. The van der Waals surface area contributed by atoms with Gasteiger partial charge < -0.3 is 4.74 Å². The molecule has 0 aromatic heterocycles. The molecule has 2 unspecified atom stereocenters. The molecule has 0 aromatic carbocycles. The number of unbranched alkanes of at least 4 members (excludes halogenated alkanes) is 5. The van der Waals surface area contributed by atoms with Gasteiger partial charge in [-0.2, -0.15) is 0 Å². The first-order chi connectivity index (χ1) is 28.7. The Morgan fingerprint density at radius 2 is 0.623 bits per heavy atom. The number of ether oxygens (including phenoxy) is 1. The Bertz CT molecular complexity index is 582. The summed E-state index contributed by atoms with van der Waals surface area (Å²) >= 11 is 0. The van der Waals surface area contributed by atoms with Crippen molar-refractivity contribution in [2.24, 2.45) is 41.4 Å². The first-order valence-corrected chi connectivity index (χ1v) is 27.9. The molecule has 61 heavy (non-hydrogen) atoms. The van der Waals surface area contributed by atoms with Crippen molar-refractivity contribution >= 4 is 0 Å². The van der Waals surface area contributed by atoms with Gasteiger partial charge in [0.2, 0.25) is 0 Å². The maximum absolute atomic E-state index is 4.94. The number of allylic oxidation sites excluding steroid dienone is 2. The summed E-state index contributed by atoms with van der Waals surface area (Å²) in [5, 5.41) is 0. The number of rotatable bonds is 20. The summed E-state index contributed by atoms with van der Waals surface area (Å²) in [5.41, 5.74) is 1.38. The molecule has 0 N–H and O–H groups in total. The van der Waals surface area contributed by atoms with Gasteiger partial charge >= 0.3 is 0 Å². The zero-order valence-corrected chi connectivity index (χ0v) is 49.2. The Morgan fingerprint density at radius 1 is 0.361 bits per heavy atom. The van der Waals surface area contributed by atoms with E-state index in [2.05, 4.69) is 179 Å². The second-order valence-electron chi connectivity index (χ2n) is 20.0. The van der Waals surface area contributed by atoms with Gasteiger partial charge in [0.05, 0.1) is 0 Å². The second-order valence-corrected chi connectivity index (χ2v) is 20.0. The molecule has 1 aliphatic heterocycles. The molecule has 0 aromatic rings. The van der Waals surface area contributed by atoms with Gasteiger partial charge in [-0.15, -0.1) is 0 Å². The van der Waals surface area contributed by atoms with Crippen molar-refractivity contribution in [1.82, 2.24) is 0 Å². The van der Waals surface area contributed by atoms with E-state index < -0.39 is 0 Å². The standard InChI is InChI=1S/4C7H16.3C6H14.C5H12.C5H10.C4H8O/c2*1-4-5-6-7(2)3;2*1-4-6-7(3)5-2;1-4-5-6(2)3;1-4-6(3)5-2;1-3-5-6-4-2;2*1-4-5(2)3;1-2-4-5-3-1/h4*7H,4-6H2,1-3H3;2*6H,4-5H2,1-3H3;3-6H2,1-2H3;5H,4H2,1-3H3;4H,1-3H3;1-4H2. The van der Waals surface area contributed by atoms with Crippen molar-refractivity contribution in [1.29, 1.82) is 0 Å². The summed E-state index contributed by atoms with van der Waals surface area (Å²) < 4.78 is 4.94. The fourth-order valence-electron chi connectivity index (χ4n) is 4.49. The number of hydrogen-bond donors (Lipinski definition) is 0. The Kier molecular flexibility index (Phi) is 106. The fourth-order valence-corrected chi connectivity index (χ4v) is 4.49. The van der Waals surface area contributed by atoms with E-state index in [0.29, 0.717) is 0 Å². The predicted molar refractivity (Wildman–Crippen MR) is 297 cm³/mol. The topological polar surface area (TPSA) is 9.23 Å². The van der Waals surface area contributed by atoms with E-state index in [1.54, 1.807) is 0 Å². The minimum absolute atomic E-state index is 0.884. The zero-order valence-electron chi connectivity index (χ0n) is 49.2. The van der Waals surface area contributed by atoms with Crippen LogP contribution in [0.1, 0.15) is 328 Å². The normalized spacial score (nSPS) is 11.8. The first kappa shape index (κ1) is 80.9. The van der Waals surface area contributed by atoms with E-state index in [1.807, 2.05) is 6.92 Å². The first-order valence-electron chi connectivity index (χ1n) is 27.9. The van der Waals surface area contributed by atoms with Crippen LogP contribution >= 0.6 is 0 Å². The SMILES string of the molecule is C1CCOC1.CC=C(C)C.CCC(C)C.CCC(C)CC.CCCC(C)C.CCCC(C)CC.CCCC(C)CC.CCCCC(C)C.CCCCC(C)C.CCCCCC. The van der Waals surface area contributed by atoms with Crippen LogP contribution in [0.25, 0.3) is 0 Å². The summed E-state index contributed by atoms with van der Waals surface area (Å²) in [7, 11) is 0. The lowest BCUT2D eigenvalue weighted by atomic mass is 10.0. The molecular weight excluding hydrogens is 737 g/mol. The van der Waals surface area contributed by atoms with E-state index in [4.69, 9.17) is 4.74 Å². The highest BCUT2D eigenvalue weighted by molar-refractivity contribution is 4.88. The highest BCUT2D eigenvalue weighted by atomic mass is 16.5. The van der Waals surface area contributed by atoms with Crippen molar-refractivity contribution in [2.75, 3.05) is 13.2 Å². The van der Waals surface area contributed by atoms with Crippen LogP contribution in [0.5, 0.6) is 0 Å². The quantitative estimate of drug-likeness (QED) is 0.0875. The lowest BCUT2D eigenvalue weighted by Gasteiger charge is -2.02. The van der Waals surface area contributed by atoms with Crippen LogP contribution in [0.15, 0.2) is 11.6 Å². The van der Waals surface area contributed by atoms with Gasteiger partial charge in [0.15, 0.2) is 0 Å². The van der Waals surface area contributed by atoms with Gasteiger partial charge in [-0.25, -0.2) is 0 Å². The highest BCUT2D eigenvalue weighted by Gasteiger charge is 1.95. The molecule has 0 radical (unpaired) electrons. The lowest BCUT2D eigenvalue weighted by Crippen LogP contribution is -1.88. The van der Waals surface area contributed by atoms with Gasteiger partial charge in [0.25, 0.3) is 0 Å². The van der Waals surface area contributed by atoms with E-state index in [-0.39, 0.29) is 0 Å². The third kappa shape index (κ3) is 148. The minimum Gasteiger partial charge on any atom is -0.381 e. The Hall–Kier alpha value is -0.300. The molecular formula is C60H136O. The zero-order chi connectivity index (χ0) is 49.7. The highest BCUT2D eigenvalue weighted by Crippen LogP contribution is 2.09. The Morgan fingerprint density at radius 3 is 0.689 bits per heavy atom. The minimum atomic E-state index is 0.884. The molecule has 1 rings (SSSR count). The lowest BCUT2D eigenvalue weighted by molar-refractivity contribution is 0.198. The van der Waals surface area contributed by atoms with Crippen LogP contribution in [0.2, 0.25) is 0 Å². The number of hydrogen-bond acceptors (Lipinski definition) is 1. The maximum Gasteiger partial charge on any atom is 0.0466 e. The molecule has 1 heterocycles. The average Bonchev–Trinajstić information content (AvgIpc) is 3.84. The van der Waals surface area contributed by atoms with E-state index in [9.17, 15) is 0 Å². The van der Waals surface area contributed by atoms with E-state index >= 15 is 0 Å². The van der Waals surface area contributed by atoms with Gasteiger partial charge in [0, 0.05) is 13.2 Å². The van der Waals surface area contributed by atoms with E-state index in [1.165, 1.54) is 153 Å². The van der Waals surface area contributed by atoms with Gasteiger partial charge in [-0.3, -0.25) is 0 Å². The van der Waals surface area contributed by atoms with Gasteiger partial charge in [0.1, 0.15) is 0 Å². The molecule has 0 saturated carbocycles. The van der Waals surface area contributed by atoms with E-state index in [0.717, 1.165) is 54.6 Å². The summed E-state index contributed by atoms with van der Waals surface area (Å²) in [6.45, 7) is 60.0. The largest absolute Gasteiger partial charge is 0.381 e. The molecule has 0 bridgehead atoms. The molecule has 0 spiro atoms. The maximum atomic E-state index is 4.94. The Balaban J connectivity index is -0.0000000705. The second kappa shape index (κ2) is 80.0. The van der Waals surface area contributed by atoms with Crippen LogP contribution in [-0.4, -0.2) is 13.2 Å². The molecule has 1 aliphatic rings.